The Labute approximate surface area is 107 Å². The van der Waals surface area contributed by atoms with E-state index in [2.05, 4.69) is 19.2 Å². The molecule has 0 saturated carbocycles. The molecule has 1 unspecified atom stereocenters. The van der Waals surface area contributed by atoms with Crippen LogP contribution in [0.25, 0.3) is 0 Å². The maximum absolute atomic E-state index is 10.8. The molecule has 5 heteroatoms. The number of nitro benzene ring substituents is 1. The van der Waals surface area contributed by atoms with Crippen LogP contribution >= 0.6 is 0 Å². The first kappa shape index (κ1) is 14.3. The Morgan fingerprint density at radius 3 is 2.67 bits per heavy atom. The third-order valence-corrected chi connectivity index (χ3v) is 2.88. The van der Waals surface area contributed by atoms with Gasteiger partial charge in [-0.3, -0.25) is 10.1 Å². The molecule has 0 amide bonds. The smallest absolute Gasteiger partial charge is 0.271 e. The molecule has 0 fully saturated rings. The lowest BCUT2D eigenvalue weighted by molar-refractivity contribution is -0.384. The molecule has 1 atom stereocenters. The summed E-state index contributed by atoms with van der Waals surface area (Å²) < 4.78 is 5.22. The summed E-state index contributed by atoms with van der Waals surface area (Å²) in [6.45, 7) is 4.21. The maximum atomic E-state index is 10.8. The third-order valence-electron chi connectivity index (χ3n) is 2.88. The fraction of sp³-hybridized carbons (Fsp3) is 0.538. The van der Waals surface area contributed by atoms with E-state index >= 15 is 0 Å². The van der Waals surface area contributed by atoms with Gasteiger partial charge in [0.25, 0.3) is 5.69 Å². The molecule has 0 bridgehead atoms. The molecule has 18 heavy (non-hydrogen) atoms. The molecule has 1 aromatic rings. The molecule has 0 aliphatic heterocycles. The standard InChI is InChI=1S/C13H20N2O3/c1-4-6-10(5-2)14-12-9-11(15(16)17)7-8-13(12)18-3/h7-10,14H,4-6H2,1-3H3. The molecule has 0 saturated heterocycles. The summed E-state index contributed by atoms with van der Waals surface area (Å²) in [7, 11) is 1.56. The van der Waals surface area contributed by atoms with Gasteiger partial charge < -0.3 is 10.1 Å². The van der Waals surface area contributed by atoms with Gasteiger partial charge in [0, 0.05) is 18.2 Å². The monoisotopic (exact) mass is 252 g/mol. The van der Waals surface area contributed by atoms with Crippen LogP contribution in [-0.2, 0) is 0 Å². The topological polar surface area (TPSA) is 64.4 Å². The van der Waals surface area contributed by atoms with Crippen LogP contribution < -0.4 is 10.1 Å². The molecule has 100 valence electrons. The predicted octanol–water partition coefficient (Wildman–Crippen LogP) is 3.59. The van der Waals surface area contributed by atoms with Gasteiger partial charge in [-0.05, 0) is 18.9 Å². The van der Waals surface area contributed by atoms with Crippen molar-refractivity contribution in [1.82, 2.24) is 0 Å². The number of non-ortho nitro benzene ring substituents is 1. The van der Waals surface area contributed by atoms with Gasteiger partial charge >= 0.3 is 0 Å². The van der Waals surface area contributed by atoms with Gasteiger partial charge in [-0.25, -0.2) is 0 Å². The Balaban J connectivity index is 2.96. The number of benzene rings is 1. The van der Waals surface area contributed by atoms with Gasteiger partial charge in [-0.15, -0.1) is 0 Å². The van der Waals surface area contributed by atoms with Crippen LogP contribution in [0.1, 0.15) is 33.1 Å². The van der Waals surface area contributed by atoms with E-state index in [1.165, 1.54) is 12.1 Å². The zero-order chi connectivity index (χ0) is 13.5. The summed E-state index contributed by atoms with van der Waals surface area (Å²) in [6.07, 6.45) is 3.07. The van der Waals surface area contributed by atoms with Crippen molar-refractivity contribution in [3.05, 3.63) is 28.3 Å². The number of anilines is 1. The van der Waals surface area contributed by atoms with Crippen LogP contribution in [0.5, 0.6) is 5.75 Å². The molecule has 1 rings (SSSR count). The lowest BCUT2D eigenvalue weighted by Crippen LogP contribution is -2.18. The van der Waals surface area contributed by atoms with Crippen molar-refractivity contribution >= 4 is 11.4 Å². The molecule has 0 aliphatic rings. The molecule has 5 nitrogen and oxygen atoms in total. The average molecular weight is 252 g/mol. The van der Waals surface area contributed by atoms with Crippen molar-refractivity contribution in [3.8, 4) is 5.75 Å². The minimum atomic E-state index is -0.397. The zero-order valence-corrected chi connectivity index (χ0v) is 11.1. The molecular formula is C13H20N2O3. The summed E-state index contributed by atoms with van der Waals surface area (Å²) in [4.78, 5) is 10.4. The van der Waals surface area contributed by atoms with Crippen molar-refractivity contribution < 1.29 is 9.66 Å². The fourth-order valence-electron chi connectivity index (χ4n) is 1.87. The van der Waals surface area contributed by atoms with Crippen LogP contribution in [0.15, 0.2) is 18.2 Å². The van der Waals surface area contributed by atoms with Crippen molar-refractivity contribution in [1.29, 1.82) is 0 Å². The molecular weight excluding hydrogens is 232 g/mol. The van der Waals surface area contributed by atoms with Crippen molar-refractivity contribution in [2.24, 2.45) is 0 Å². The number of nitrogens with zero attached hydrogens (tertiary/aromatic N) is 1. The summed E-state index contributed by atoms with van der Waals surface area (Å²) >= 11 is 0. The fourth-order valence-corrected chi connectivity index (χ4v) is 1.87. The number of nitrogens with one attached hydrogen (secondary N) is 1. The van der Waals surface area contributed by atoms with Gasteiger partial charge in [0.05, 0.1) is 17.7 Å². The van der Waals surface area contributed by atoms with Crippen LogP contribution in [0.4, 0.5) is 11.4 Å². The SMILES string of the molecule is CCCC(CC)Nc1cc([N+](=O)[O-])ccc1OC. The third kappa shape index (κ3) is 3.61. The van der Waals surface area contributed by atoms with E-state index in [-0.39, 0.29) is 5.69 Å². The number of methoxy groups -OCH3 is 1. The molecule has 1 aromatic carbocycles. The Morgan fingerprint density at radius 2 is 2.17 bits per heavy atom. The second-order valence-corrected chi connectivity index (χ2v) is 4.18. The molecule has 0 aromatic heterocycles. The highest BCUT2D eigenvalue weighted by atomic mass is 16.6. The average Bonchev–Trinajstić information content (AvgIpc) is 2.37. The van der Waals surface area contributed by atoms with Gasteiger partial charge in [-0.1, -0.05) is 20.3 Å². The predicted molar refractivity (Wildman–Crippen MR) is 72.3 cm³/mol. The second kappa shape index (κ2) is 6.83. The first-order valence-corrected chi connectivity index (χ1v) is 6.21. The Kier molecular flexibility index (Phi) is 5.42. The van der Waals surface area contributed by atoms with Gasteiger partial charge in [-0.2, -0.15) is 0 Å². The summed E-state index contributed by atoms with van der Waals surface area (Å²) in [6, 6.07) is 4.91. The molecule has 0 spiro atoms. The van der Waals surface area contributed by atoms with Crippen LogP contribution in [-0.4, -0.2) is 18.1 Å². The van der Waals surface area contributed by atoms with E-state index in [0.717, 1.165) is 19.3 Å². The highest BCUT2D eigenvalue weighted by Crippen LogP contribution is 2.30. The molecule has 0 aliphatic carbocycles. The molecule has 1 N–H and O–H groups in total. The number of nitro groups is 1. The van der Waals surface area contributed by atoms with E-state index in [0.29, 0.717) is 17.5 Å². The normalized spacial score (nSPS) is 11.9. The summed E-state index contributed by atoms with van der Waals surface area (Å²) in [5.74, 6) is 0.634. The minimum Gasteiger partial charge on any atom is -0.495 e. The lowest BCUT2D eigenvalue weighted by atomic mass is 10.1. The highest BCUT2D eigenvalue weighted by molar-refractivity contribution is 5.62. The van der Waals surface area contributed by atoms with E-state index in [4.69, 9.17) is 4.74 Å². The van der Waals surface area contributed by atoms with E-state index < -0.39 is 4.92 Å². The largest absolute Gasteiger partial charge is 0.495 e. The number of ether oxygens (including phenoxy) is 1. The van der Waals surface area contributed by atoms with Crippen LogP contribution in [0.2, 0.25) is 0 Å². The zero-order valence-electron chi connectivity index (χ0n) is 11.1. The van der Waals surface area contributed by atoms with Crippen LogP contribution in [0, 0.1) is 10.1 Å². The first-order chi connectivity index (χ1) is 8.62. The summed E-state index contributed by atoms with van der Waals surface area (Å²) in [5.41, 5.74) is 0.761. The number of hydrogen-bond acceptors (Lipinski definition) is 4. The Hall–Kier alpha value is -1.78. The second-order valence-electron chi connectivity index (χ2n) is 4.18. The van der Waals surface area contributed by atoms with Crippen molar-refractivity contribution in [3.63, 3.8) is 0 Å². The first-order valence-electron chi connectivity index (χ1n) is 6.21. The maximum Gasteiger partial charge on any atom is 0.271 e. The van der Waals surface area contributed by atoms with Gasteiger partial charge in [0.2, 0.25) is 0 Å². The molecule has 0 heterocycles. The number of hydrogen-bond donors (Lipinski definition) is 1. The quantitative estimate of drug-likeness (QED) is 0.595. The van der Waals surface area contributed by atoms with Crippen molar-refractivity contribution in [2.75, 3.05) is 12.4 Å². The minimum absolute atomic E-state index is 0.0738. The van der Waals surface area contributed by atoms with E-state index in [1.807, 2.05) is 0 Å². The highest BCUT2D eigenvalue weighted by Gasteiger charge is 2.13. The Bertz CT molecular complexity index is 407. The van der Waals surface area contributed by atoms with Crippen molar-refractivity contribution in [2.45, 2.75) is 39.2 Å². The van der Waals surface area contributed by atoms with Crippen LogP contribution in [0.3, 0.4) is 0 Å². The lowest BCUT2D eigenvalue weighted by Gasteiger charge is -2.19. The number of rotatable bonds is 7. The molecule has 0 radical (unpaired) electrons. The Morgan fingerprint density at radius 1 is 1.44 bits per heavy atom. The van der Waals surface area contributed by atoms with E-state index in [1.54, 1.807) is 13.2 Å². The van der Waals surface area contributed by atoms with Gasteiger partial charge in [0.15, 0.2) is 0 Å². The van der Waals surface area contributed by atoms with Gasteiger partial charge in [0.1, 0.15) is 5.75 Å². The van der Waals surface area contributed by atoms with E-state index in [9.17, 15) is 10.1 Å². The summed E-state index contributed by atoms with van der Waals surface area (Å²) in [5, 5.41) is 14.1.